The lowest BCUT2D eigenvalue weighted by Gasteiger charge is -2.31. The molecule has 1 unspecified atom stereocenters. The van der Waals surface area contributed by atoms with E-state index >= 15 is 0 Å². The first-order valence-corrected chi connectivity index (χ1v) is 6.27. The van der Waals surface area contributed by atoms with Crippen LogP contribution in [0.2, 0.25) is 0 Å². The van der Waals surface area contributed by atoms with Crippen molar-refractivity contribution in [3.8, 4) is 5.75 Å². The molecule has 1 atom stereocenters. The Kier molecular flexibility index (Phi) is 2.38. The molecule has 0 aromatic heterocycles. The van der Waals surface area contributed by atoms with E-state index in [0.717, 1.165) is 29.8 Å². The molecule has 1 aromatic carbocycles. The molecule has 1 N–H and O–H groups in total. The van der Waals surface area contributed by atoms with Crippen LogP contribution in [0.4, 0.5) is 5.69 Å². The fraction of sp³-hybridized carbons (Fsp3) is 0.500. The molecule has 4 heteroatoms. The van der Waals surface area contributed by atoms with Crippen LogP contribution < -0.4 is 9.64 Å². The van der Waals surface area contributed by atoms with E-state index in [2.05, 4.69) is 0 Å². The van der Waals surface area contributed by atoms with Crippen molar-refractivity contribution in [1.29, 1.82) is 0 Å². The number of nitrogens with zero attached hydrogens (tertiary/aromatic N) is 1. The van der Waals surface area contributed by atoms with Crippen LogP contribution in [0.3, 0.4) is 0 Å². The highest BCUT2D eigenvalue weighted by atomic mass is 16.5. The molecular weight excluding hydrogens is 230 g/mol. The minimum absolute atomic E-state index is 0.0291. The fourth-order valence-electron chi connectivity index (χ4n) is 2.54. The van der Waals surface area contributed by atoms with Crippen molar-refractivity contribution in [2.24, 2.45) is 0 Å². The summed E-state index contributed by atoms with van der Waals surface area (Å²) in [7, 11) is 1.76. The van der Waals surface area contributed by atoms with Gasteiger partial charge >= 0.3 is 0 Å². The van der Waals surface area contributed by atoms with Crippen molar-refractivity contribution in [2.45, 2.75) is 31.3 Å². The number of rotatable bonds is 2. The van der Waals surface area contributed by atoms with Crippen LogP contribution in [0.5, 0.6) is 5.75 Å². The summed E-state index contributed by atoms with van der Waals surface area (Å²) in [6.45, 7) is 1.93. The zero-order chi connectivity index (χ0) is 12.9. The molecule has 0 bridgehead atoms. The minimum atomic E-state index is -0.443. The van der Waals surface area contributed by atoms with E-state index in [4.69, 9.17) is 4.74 Å². The summed E-state index contributed by atoms with van der Waals surface area (Å²) in [6.07, 6.45) is 1.60. The first-order valence-electron chi connectivity index (χ1n) is 6.27. The second-order valence-corrected chi connectivity index (χ2v) is 5.28. The topological polar surface area (TPSA) is 49.8 Å². The molecule has 1 amide bonds. The highest BCUT2D eigenvalue weighted by Gasteiger charge is 2.44. The van der Waals surface area contributed by atoms with Crippen molar-refractivity contribution in [3.63, 3.8) is 0 Å². The Morgan fingerprint density at radius 1 is 1.50 bits per heavy atom. The van der Waals surface area contributed by atoms with E-state index in [1.807, 2.05) is 18.2 Å². The van der Waals surface area contributed by atoms with E-state index in [0.29, 0.717) is 0 Å². The van der Waals surface area contributed by atoms with Crippen molar-refractivity contribution in [1.82, 2.24) is 0 Å². The molecule has 3 rings (SSSR count). The van der Waals surface area contributed by atoms with Crippen molar-refractivity contribution >= 4 is 11.6 Å². The number of fused-ring (bicyclic) bond motifs is 1. The third-order valence-corrected chi connectivity index (χ3v) is 4.07. The number of aliphatic hydroxyl groups excluding tert-OH is 1. The van der Waals surface area contributed by atoms with Crippen molar-refractivity contribution in [3.05, 3.63) is 23.8 Å². The predicted octanol–water partition coefficient (Wildman–Crippen LogP) is 1.45. The Morgan fingerprint density at radius 3 is 2.83 bits per heavy atom. The average Bonchev–Trinajstić information content (AvgIpc) is 3.16. The predicted molar refractivity (Wildman–Crippen MR) is 67.9 cm³/mol. The molecule has 1 aromatic rings. The number of hydrogen-bond acceptors (Lipinski definition) is 3. The Balaban J connectivity index is 2.02. The summed E-state index contributed by atoms with van der Waals surface area (Å²) in [5.41, 5.74) is 1.84. The van der Waals surface area contributed by atoms with Gasteiger partial charge in [0.2, 0.25) is 0 Å². The molecule has 0 saturated heterocycles. The van der Waals surface area contributed by atoms with Crippen molar-refractivity contribution < 1.29 is 14.6 Å². The van der Waals surface area contributed by atoms with E-state index in [-0.39, 0.29) is 17.9 Å². The molecule has 0 radical (unpaired) electrons. The van der Waals surface area contributed by atoms with Crippen LogP contribution in [0.15, 0.2) is 18.2 Å². The number of likely N-dealkylation sites (N-methyl/N-ethyl adjacent to an activating group) is 1. The van der Waals surface area contributed by atoms with E-state index < -0.39 is 6.10 Å². The van der Waals surface area contributed by atoms with Gasteiger partial charge in [0.15, 0.2) is 6.10 Å². The van der Waals surface area contributed by atoms with Gasteiger partial charge in [-0.15, -0.1) is 0 Å². The van der Waals surface area contributed by atoms with Gasteiger partial charge in [-0.2, -0.15) is 0 Å². The Morgan fingerprint density at radius 2 is 2.22 bits per heavy atom. The van der Waals surface area contributed by atoms with E-state index in [1.165, 1.54) is 0 Å². The Hall–Kier alpha value is -1.55. The van der Waals surface area contributed by atoms with Gasteiger partial charge in [-0.05, 0) is 37.5 Å². The summed E-state index contributed by atoms with van der Waals surface area (Å²) in [5, 5.41) is 9.45. The minimum Gasteiger partial charge on any atom is -0.479 e. The monoisotopic (exact) mass is 247 g/mol. The van der Waals surface area contributed by atoms with Gasteiger partial charge in [0.1, 0.15) is 5.75 Å². The summed E-state index contributed by atoms with van der Waals surface area (Å²) in [4.78, 5) is 13.4. The molecule has 96 valence electrons. The number of hydrogen-bond donors (Lipinski definition) is 1. The highest BCUT2D eigenvalue weighted by Crippen LogP contribution is 2.49. The standard InChI is InChI=1S/C14H17NO3/c1-9-13(17)15(2)11-4-3-10(7-12(11)18-9)14(8-16)5-6-14/h3-4,7,9,16H,5-6,8H2,1-2H3. The lowest BCUT2D eigenvalue weighted by molar-refractivity contribution is -0.125. The molecule has 1 fully saturated rings. The first-order chi connectivity index (χ1) is 8.57. The van der Waals surface area contributed by atoms with Crippen LogP contribution >= 0.6 is 0 Å². The van der Waals surface area contributed by atoms with Crippen LogP contribution in [-0.4, -0.2) is 30.8 Å². The number of aliphatic hydroxyl groups is 1. The lowest BCUT2D eigenvalue weighted by Crippen LogP contribution is -2.42. The largest absolute Gasteiger partial charge is 0.479 e. The van der Waals surface area contributed by atoms with Gasteiger partial charge in [-0.25, -0.2) is 0 Å². The first kappa shape index (κ1) is 11.5. The Bertz CT molecular complexity index is 508. The zero-order valence-corrected chi connectivity index (χ0v) is 10.6. The molecule has 4 nitrogen and oxygen atoms in total. The normalized spacial score (nSPS) is 24.5. The number of carbonyl (C=O) groups is 1. The third kappa shape index (κ3) is 1.52. The summed E-state index contributed by atoms with van der Waals surface area (Å²) >= 11 is 0. The molecule has 1 aliphatic carbocycles. The number of amides is 1. The van der Waals surface area contributed by atoms with Gasteiger partial charge in [0, 0.05) is 12.5 Å². The van der Waals surface area contributed by atoms with Gasteiger partial charge in [-0.3, -0.25) is 4.79 Å². The SMILES string of the molecule is CC1Oc2cc(C3(CO)CC3)ccc2N(C)C1=O. The summed E-state index contributed by atoms with van der Waals surface area (Å²) in [5.74, 6) is 0.709. The molecule has 0 spiro atoms. The van der Waals surface area contributed by atoms with Gasteiger partial charge < -0.3 is 14.7 Å². The van der Waals surface area contributed by atoms with Gasteiger partial charge in [0.25, 0.3) is 5.91 Å². The van der Waals surface area contributed by atoms with Crippen LogP contribution in [0, 0.1) is 0 Å². The quantitative estimate of drug-likeness (QED) is 0.860. The lowest BCUT2D eigenvalue weighted by atomic mass is 9.96. The maximum Gasteiger partial charge on any atom is 0.267 e. The zero-order valence-electron chi connectivity index (χ0n) is 10.6. The fourth-order valence-corrected chi connectivity index (χ4v) is 2.54. The number of carbonyl (C=O) groups excluding carboxylic acids is 1. The van der Waals surface area contributed by atoms with E-state index in [9.17, 15) is 9.90 Å². The molecule has 2 aliphatic rings. The summed E-state index contributed by atoms with van der Waals surface area (Å²) in [6, 6.07) is 5.87. The highest BCUT2D eigenvalue weighted by molar-refractivity contribution is 5.99. The van der Waals surface area contributed by atoms with Gasteiger partial charge in [0.05, 0.1) is 12.3 Å². The molecule has 18 heavy (non-hydrogen) atoms. The molecule has 1 heterocycles. The van der Waals surface area contributed by atoms with Crippen LogP contribution in [-0.2, 0) is 10.2 Å². The number of ether oxygens (including phenoxy) is 1. The maximum absolute atomic E-state index is 11.8. The smallest absolute Gasteiger partial charge is 0.267 e. The maximum atomic E-state index is 11.8. The molecular formula is C14H17NO3. The molecule has 1 aliphatic heterocycles. The van der Waals surface area contributed by atoms with Crippen LogP contribution in [0.1, 0.15) is 25.3 Å². The van der Waals surface area contributed by atoms with Gasteiger partial charge in [-0.1, -0.05) is 6.07 Å². The second kappa shape index (κ2) is 3.72. The Labute approximate surface area is 106 Å². The summed E-state index contributed by atoms with van der Waals surface area (Å²) < 4.78 is 5.65. The number of benzene rings is 1. The van der Waals surface area contributed by atoms with Crippen molar-refractivity contribution in [2.75, 3.05) is 18.6 Å². The second-order valence-electron chi connectivity index (χ2n) is 5.28. The number of anilines is 1. The van der Waals surface area contributed by atoms with E-state index in [1.54, 1.807) is 18.9 Å². The molecule has 1 saturated carbocycles. The van der Waals surface area contributed by atoms with Crippen LogP contribution in [0.25, 0.3) is 0 Å². The average molecular weight is 247 g/mol. The third-order valence-electron chi connectivity index (χ3n) is 4.07.